The first-order valence-electron chi connectivity index (χ1n) is 11.7. The third-order valence-electron chi connectivity index (χ3n) is 6.01. The first-order valence-corrected chi connectivity index (χ1v) is 11.7. The number of carbonyl (C=O) groups is 2. The van der Waals surface area contributed by atoms with Crippen molar-refractivity contribution in [3.05, 3.63) is 48.1 Å². The average molecular weight is 498 g/mol. The van der Waals surface area contributed by atoms with Crippen molar-refractivity contribution in [2.75, 3.05) is 36.5 Å². The molecule has 2 aliphatic rings. The van der Waals surface area contributed by atoms with Gasteiger partial charge in [0.1, 0.15) is 17.1 Å². The lowest BCUT2D eigenvalue weighted by Gasteiger charge is -2.37. The number of nitrogens with one attached hydrogen (secondary N) is 1. The van der Waals surface area contributed by atoms with Gasteiger partial charge in [-0.2, -0.15) is 0 Å². The smallest absolute Gasteiger partial charge is 0.410 e. The van der Waals surface area contributed by atoms with Crippen molar-refractivity contribution >= 4 is 29.2 Å². The van der Waals surface area contributed by atoms with Gasteiger partial charge in [-0.05, 0) is 27.7 Å². The predicted molar refractivity (Wildman–Crippen MR) is 129 cm³/mol. The fourth-order valence-electron chi connectivity index (χ4n) is 4.47. The Balaban J connectivity index is 1.26. The zero-order valence-corrected chi connectivity index (χ0v) is 20.6. The van der Waals surface area contributed by atoms with E-state index in [0.29, 0.717) is 37.8 Å². The number of ether oxygens (including phenoxy) is 2. The van der Waals surface area contributed by atoms with Crippen molar-refractivity contribution in [1.82, 2.24) is 24.3 Å². The van der Waals surface area contributed by atoms with Crippen LogP contribution in [0.3, 0.4) is 0 Å². The average Bonchev–Trinajstić information content (AvgIpc) is 3.41. The molecule has 0 unspecified atom stereocenters. The van der Waals surface area contributed by atoms with Crippen LogP contribution in [0.2, 0.25) is 0 Å². The largest absolute Gasteiger partial charge is 0.444 e. The molecule has 0 saturated carbocycles. The molecular formula is C24H28FN7O4. The molecular weight excluding hydrogens is 469 g/mol. The first-order chi connectivity index (χ1) is 17.1. The highest BCUT2D eigenvalue weighted by molar-refractivity contribution is 6.02. The maximum atomic E-state index is 14.3. The van der Waals surface area contributed by atoms with E-state index in [9.17, 15) is 14.0 Å². The number of carbonyl (C=O) groups excluding carboxylic acids is 2. The Morgan fingerprint density at radius 1 is 1.19 bits per heavy atom. The summed E-state index contributed by atoms with van der Waals surface area (Å²) in [5.74, 6) is -0.491. The molecule has 2 fully saturated rings. The lowest BCUT2D eigenvalue weighted by molar-refractivity contribution is -0.0567. The molecule has 3 aromatic heterocycles. The summed E-state index contributed by atoms with van der Waals surface area (Å²) in [5.41, 5.74) is 0.635. The zero-order chi connectivity index (χ0) is 25.6. The highest BCUT2D eigenvalue weighted by atomic mass is 19.1. The van der Waals surface area contributed by atoms with Crippen LogP contribution in [0.25, 0.3) is 5.65 Å². The van der Waals surface area contributed by atoms with Crippen molar-refractivity contribution in [3.63, 3.8) is 0 Å². The summed E-state index contributed by atoms with van der Waals surface area (Å²) in [5, 5.41) is 2.65. The molecule has 5 rings (SSSR count). The number of aryl methyl sites for hydroxylation is 1. The fraction of sp³-hybridized carbons (Fsp3) is 0.458. The van der Waals surface area contributed by atoms with E-state index < -0.39 is 17.3 Å². The van der Waals surface area contributed by atoms with E-state index in [1.807, 2.05) is 25.7 Å². The van der Waals surface area contributed by atoms with Crippen LogP contribution < -0.4 is 10.2 Å². The van der Waals surface area contributed by atoms with Crippen LogP contribution in [0.4, 0.5) is 20.7 Å². The van der Waals surface area contributed by atoms with Crippen LogP contribution in [0, 0.1) is 12.7 Å². The maximum absolute atomic E-state index is 14.3. The number of pyridine rings is 1. The number of halogens is 1. The summed E-state index contributed by atoms with van der Waals surface area (Å²) in [6, 6.07) is 1.04. The second-order valence-electron chi connectivity index (χ2n) is 9.96. The monoisotopic (exact) mass is 497 g/mol. The Labute approximate surface area is 207 Å². The normalized spacial score (nSPS) is 19.9. The minimum absolute atomic E-state index is 0.0873. The van der Waals surface area contributed by atoms with Gasteiger partial charge in [-0.15, -0.1) is 0 Å². The molecule has 36 heavy (non-hydrogen) atoms. The molecule has 1 N–H and O–H groups in total. The molecule has 0 aromatic carbocycles. The van der Waals surface area contributed by atoms with Gasteiger partial charge >= 0.3 is 6.09 Å². The van der Waals surface area contributed by atoms with Crippen LogP contribution in [0.15, 0.2) is 30.9 Å². The summed E-state index contributed by atoms with van der Waals surface area (Å²) >= 11 is 0. The molecule has 2 atom stereocenters. The molecule has 190 valence electrons. The number of amides is 2. The number of morpholine rings is 1. The third kappa shape index (κ3) is 4.81. The van der Waals surface area contributed by atoms with Crippen molar-refractivity contribution in [3.8, 4) is 0 Å². The molecule has 2 aliphatic heterocycles. The van der Waals surface area contributed by atoms with Gasteiger partial charge in [0.25, 0.3) is 5.91 Å². The number of fused-ring (bicyclic) bond motifs is 2. The van der Waals surface area contributed by atoms with E-state index in [1.165, 1.54) is 22.9 Å². The van der Waals surface area contributed by atoms with E-state index in [2.05, 4.69) is 20.3 Å². The number of imidazole rings is 1. The number of hydrogen-bond donors (Lipinski definition) is 1. The Morgan fingerprint density at radius 2 is 2.00 bits per heavy atom. The summed E-state index contributed by atoms with van der Waals surface area (Å²) < 4.78 is 27.3. The lowest BCUT2D eigenvalue weighted by atomic mass is 10.1. The van der Waals surface area contributed by atoms with E-state index in [-0.39, 0.29) is 35.3 Å². The lowest BCUT2D eigenvalue weighted by Crippen LogP contribution is -2.54. The second kappa shape index (κ2) is 9.01. The molecule has 3 aromatic rings. The quantitative estimate of drug-likeness (QED) is 0.588. The molecule has 0 bridgehead atoms. The Morgan fingerprint density at radius 3 is 2.72 bits per heavy atom. The van der Waals surface area contributed by atoms with Gasteiger partial charge < -0.3 is 24.1 Å². The maximum Gasteiger partial charge on any atom is 0.410 e. The molecule has 2 saturated heterocycles. The van der Waals surface area contributed by atoms with Gasteiger partial charge in [0.2, 0.25) is 0 Å². The second-order valence-corrected chi connectivity index (χ2v) is 9.96. The number of nitrogens with zero attached hydrogens (tertiary/aromatic N) is 6. The zero-order valence-electron chi connectivity index (χ0n) is 20.6. The van der Waals surface area contributed by atoms with Gasteiger partial charge in [0.15, 0.2) is 11.5 Å². The van der Waals surface area contributed by atoms with Crippen molar-refractivity contribution < 1.29 is 23.5 Å². The Kier molecular flexibility index (Phi) is 5.99. The minimum Gasteiger partial charge on any atom is -0.444 e. The highest BCUT2D eigenvalue weighted by Crippen LogP contribution is 2.27. The van der Waals surface area contributed by atoms with E-state index in [0.717, 1.165) is 0 Å². The highest BCUT2D eigenvalue weighted by Gasteiger charge is 2.44. The molecule has 12 heteroatoms. The SMILES string of the molecule is Cc1cn2cc(NC(=O)c3cnc(N4C[C@@H]5[C@@H](C4)OCCN5C(=O)OC(C)(C)C)cn3)cc(F)c2n1. The molecule has 0 spiro atoms. The van der Waals surface area contributed by atoms with E-state index in [4.69, 9.17) is 9.47 Å². The van der Waals surface area contributed by atoms with Gasteiger partial charge in [0, 0.05) is 38.1 Å². The number of anilines is 2. The van der Waals surface area contributed by atoms with Crippen LogP contribution >= 0.6 is 0 Å². The summed E-state index contributed by atoms with van der Waals surface area (Å²) in [6.07, 6.45) is 5.60. The van der Waals surface area contributed by atoms with Crippen LogP contribution in [0.5, 0.6) is 0 Å². The number of rotatable bonds is 3. The number of hydrogen-bond acceptors (Lipinski definition) is 8. The Bertz CT molecular complexity index is 1300. The Hall–Kier alpha value is -3.80. The summed E-state index contributed by atoms with van der Waals surface area (Å²) in [6.45, 7) is 9.21. The van der Waals surface area contributed by atoms with Crippen molar-refractivity contribution in [2.45, 2.75) is 45.4 Å². The molecule has 11 nitrogen and oxygen atoms in total. The van der Waals surface area contributed by atoms with Gasteiger partial charge in [-0.1, -0.05) is 0 Å². The third-order valence-corrected chi connectivity index (χ3v) is 6.01. The minimum atomic E-state index is -0.583. The predicted octanol–water partition coefficient (Wildman–Crippen LogP) is 2.65. The van der Waals surface area contributed by atoms with Gasteiger partial charge in [-0.3, -0.25) is 9.69 Å². The molecule has 0 aliphatic carbocycles. The summed E-state index contributed by atoms with van der Waals surface area (Å²) in [4.78, 5) is 41.8. The van der Waals surface area contributed by atoms with Crippen molar-refractivity contribution in [2.24, 2.45) is 0 Å². The first kappa shape index (κ1) is 23.9. The standard InChI is InChI=1S/C24H28FN7O4/c1-14-10-31-11-15(7-16(25)21(31)28-14)29-22(33)17-8-27-20(9-26-17)30-12-18-19(13-30)35-6-5-32(18)23(34)36-24(2,3)4/h7-11,18-19H,5-6,12-13H2,1-4H3,(H,29,33)/t18-,19-/m1/s1. The molecule has 5 heterocycles. The van der Waals surface area contributed by atoms with Crippen LogP contribution in [-0.2, 0) is 9.47 Å². The fourth-order valence-corrected chi connectivity index (χ4v) is 4.47. The molecule has 0 radical (unpaired) electrons. The number of aromatic nitrogens is 4. The summed E-state index contributed by atoms with van der Waals surface area (Å²) in [7, 11) is 0. The van der Waals surface area contributed by atoms with Crippen LogP contribution in [-0.4, -0.2) is 80.2 Å². The van der Waals surface area contributed by atoms with Gasteiger partial charge in [0.05, 0.1) is 42.5 Å². The topological polar surface area (TPSA) is 114 Å². The van der Waals surface area contributed by atoms with Gasteiger partial charge in [-0.25, -0.2) is 24.1 Å². The van der Waals surface area contributed by atoms with E-state index >= 15 is 0 Å². The van der Waals surface area contributed by atoms with Crippen molar-refractivity contribution in [1.29, 1.82) is 0 Å². The van der Waals surface area contributed by atoms with E-state index in [1.54, 1.807) is 24.2 Å². The van der Waals surface area contributed by atoms with Crippen LogP contribution in [0.1, 0.15) is 37.0 Å². The molecule has 2 amide bonds.